The molecule has 0 saturated carbocycles. The zero-order valence-corrected chi connectivity index (χ0v) is 8.01. The number of nitrogens with zero attached hydrogens (tertiary/aromatic N) is 2. The molecule has 0 aromatic carbocycles. The van der Waals surface area contributed by atoms with Gasteiger partial charge in [0.1, 0.15) is 4.86 Å². The van der Waals surface area contributed by atoms with E-state index < -0.39 is 10.3 Å². The minimum atomic E-state index is -2.18. The summed E-state index contributed by atoms with van der Waals surface area (Å²) in [6.45, 7) is 5.23. The average Bonchev–Trinajstić information content (AvgIpc) is 1.97. The maximum absolute atomic E-state index is 10.7. The summed E-state index contributed by atoms with van der Waals surface area (Å²) >= 11 is 0. The second-order valence-corrected chi connectivity index (χ2v) is 3.66. The van der Waals surface area contributed by atoms with Gasteiger partial charge in [0, 0.05) is 11.6 Å². The highest BCUT2D eigenvalue weighted by Gasteiger charge is 2.21. The van der Waals surface area contributed by atoms with E-state index in [2.05, 4.69) is 10.2 Å². The topological polar surface area (TPSA) is 58.9 Å². The van der Waals surface area contributed by atoms with Crippen LogP contribution in [0.5, 0.6) is 0 Å². The highest BCUT2D eigenvalue weighted by atomic mass is 32.2. The van der Waals surface area contributed by atoms with Crippen molar-refractivity contribution in [1.82, 2.24) is 0 Å². The lowest BCUT2D eigenvalue weighted by Crippen LogP contribution is -2.28. The van der Waals surface area contributed by atoms with Gasteiger partial charge < -0.3 is 0 Å². The van der Waals surface area contributed by atoms with Gasteiger partial charge in [-0.15, -0.1) is 0 Å². The van der Waals surface area contributed by atoms with Gasteiger partial charge >= 0.3 is 0 Å². The third-order valence-corrected chi connectivity index (χ3v) is 2.92. The summed E-state index contributed by atoms with van der Waals surface area (Å²) in [6.07, 6.45) is 0. The Balaban J connectivity index is 3.34. The van der Waals surface area contributed by atoms with E-state index in [1.165, 1.54) is 0 Å². The van der Waals surface area contributed by atoms with Gasteiger partial charge in [0.15, 0.2) is 0 Å². The van der Waals surface area contributed by atoms with Crippen LogP contribution in [0.3, 0.4) is 0 Å². The van der Waals surface area contributed by atoms with Crippen LogP contribution in [-0.4, -0.2) is 24.7 Å². The Morgan fingerprint density at radius 1 is 1.25 bits per heavy atom. The lowest BCUT2D eigenvalue weighted by Gasteiger charge is -2.14. The molecule has 0 aromatic rings. The van der Waals surface area contributed by atoms with Crippen LogP contribution in [0, 0.1) is 5.92 Å². The second kappa shape index (κ2) is 3.18. The van der Waals surface area contributed by atoms with Crippen LogP contribution < -0.4 is 0 Å². The SMILES string of the molecule is CC1=NN=C(C)C(C)C1=S(=O)=O. The van der Waals surface area contributed by atoms with Gasteiger partial charge in [0.05, 0.1) is 5.71 Å². The highest BCUT2D eigenvalue weighted by molar-refractivity contribution is 7.75. The zero-order chi connectivity index (χ0) is 9.30. The standard InChI is InChI=1S/C7H10N2O2S/c1-4-5(2)8-9-6(3)7(4)12(10)11/h4H,1-3H3. The van der Waals surface area contributed by atoms with Gasteiger partial charge in [-0.3, -0.25) is 0 Å². The van der Waals surface area contributed by atoms with Crippen LogP contribution in [-0.2, 0) is 10.3 Å². The van der Waals surface area contributed by atoms with Crippen LogP contribution in [0.15, 0.2) is 10.2 Å². The number of rotatable bonds is 0. The molecule has 66 valence electrons. The lowest BCUT2D eigenvalue weighted by atomic mass is 9.99. The smallest absolute Gasteiger partial charge is 0.184 e. The number of hydrogen-bond donors (Lipinski definition) is 0. The van der Waals surface area contributed by atoms with Crippen LogP contribution in [0.4, 0.5) is 0 Å². The molecule has 5 heteroatoms. The molecule has 0 amide bonds. The van der Waals surface area contributed by atoms with Crippen LogP contribution in [0.2, 0.25) is 0 Å². The van der Waals surface area contributed by atoms with Crippen molar-refractivity contribution in [2.24, 2.45) is 16.1 Å². The van der Waals surface area contributed by atoms with Crippen molar-refractivity contribution in [3.63, 3.8) is 0 Å². The van der Waals surface area contributed by atoms with Gasteiger partial charge in [0.25, 0.3) is 0 Å². The van der Waals surface area contributed by atoms with E-state index >= 15 is 0 Å². The van der Waals surface area contributed by atoms with Crippen LogP contribution in [0.25, 0.3) is 0 Å². The van der Waals surface area contributed by atoms with E-state index in [9.17, 15) is 8.42 Å². The molecular formula is C7H10N2O2S. The molecule has 0 spiro atoms. The van der Waals surface area contributed by atoms with Crippen molar-refractivity contribution in [2.45, 2.75) is 20.8 Å². The largest absolute Gasteiger partial charge is 0.219 e. The molecule has 1 aliphatic heterocycles. The van der Waals surface area contributed by atoms with Crippen LogP contribution >= 0.6 is 0 Å². The van der Waals surface area contributed by atoms with Crippen molar-refractivity contribution < 1.29 is 8.42 Å². The maximum Gasteiger partial charge on any atom is 0.219 e. The van der Waals surface area contributed by atoms with Crippen molar-refractivity contribution in [3.8, 4) is 0 Å². The fraction of sp³-hybridized carbons (Fsp3) is 0.571. The Morgan fingerprint density at radius 3 is 2.25 bits per heavy atom. The molecular weight excluding hydrogens is 176 g/mol. The molecule has 1 atom stereocenters. The van der Waals surface area contributed by atoms with Crippen molar-refractivity contribution >= 4 is 26.6 Å². The minimum absolute atomic E-state index is 0.138. The van der Waals surface area contributed by atoms with Crippen molar-refractivity contribution in [2.75, 3.05) is 0 Å². The van der Waals surface area contributed by atoms with Gasteiger partial charge in [0.2, 0.25) is 10.3 Å². The van der Waals surface area contributed by atoms with Crippen molar-refractivity contribution in [1.29, 1.82) is 0 Å². The Hall–Kier alpha value is -0.970. The Labute approximate surface area is 72.5 Å². The molecule has 0 bridgehead atoms. The first-order valence-electron chi connectivity index (χ1n) is 3.59. The predicted molar refractivity (Wildman–Crippen MR) is 49.3 cm³/mol. The zero-order valence-electron chi connectivity index (χ0n) is 7.20. The van der Waals surface area contributed by atoms with Gasteiger partial charge in [-0.1, -0.05) is 6.92 Å². The Morgan fingerprint density at radius 2 is 1.83 bits per heavy atom. The van der Waals surface area contributed by atoms with E-state index in [0.29, 0.717) is 10.6 Å². The molecule has 1 rings (SSSR count). The maximum atomic E-state index is 10.7. The first kappa shape index (κ1) is 9.12. The van der Waals surface area contributed by atoms with Crippen molar-refractivity contribution in [3.05, 3.63) is 0 Å². The van der Waals surface area contributed by atoms with E-state index in [-0.39, 0.29) is 5.92 Å². The molecule has 12 heavy (non-hydrogen) atoms. The van der Waals surface area contributed by atoms with E-state index in [0.717, 1.165) is 5.71 Å². The molecule has 0 radical (unpaired) electrons. The predicted octanol–water partition coefficient (Wildman–Crippen LogP) is 0.524. The summed E-state index contributed by atoms with van der Waals surface area (Å²) in [5.41, 5.74) is 1.22. The first-order chi connectivity index (χ1) is 5.54. The molecule has 1 aliphatic rings. The van der Waals surface area contributed by atoms with Gasteiger partial charge in [-0.2, -0.15) is 18.6 Å². The summed E-state index contributed by atoms with van der Waals surface area (Å²) < 4.78 is 21.5. The van der Waals surface area contributed by atoms with Gasteiger partial charge in [-0.05, 0) is 13.8 Å². The summed E-state index contributed by atoms with van der Waals surface area (Å²) in [5.74, 6) is -0.138. The summed E-state index contributed by atoms with van der Waals surface area (Å²) in [7, 11) is -2.18. The second-order valence-electron chi connectivity index (χ2n) is 2.75. The fourth-order valence-electron chi connectivity index (χ4n) is 1.06. The summed E-state index contributed by atoms with van der Waals surface area (Å²) in [4.78, 5) is 0.350. The Bertz CT molecular complexity index is 382. The average molecular weight is 186 g/mol. The molecule has 1 heterocycles. The highest BCUT2D eigenvalue weighted by Crippen LogP contribution is 2.08. The quantitative estimate of drug-likeness (QED) is 0.518. The normalized spacial score (nSPS) is 23.2. The summed E-state index contributed by atoms with van der Waals surface area (Å²) in [5, 5.41) is 7.57. The molecule has 1 unspecified atom stereocenters. The molecule has 0 saturated heterocycles. The molecule has 4 nitrogen and oxygen atoms in total. The monoisotopic (exact) mass is 186 g/mol. The number of hydrogen-bond acceptors (Lipinski definition) is 4. The third-order valence-electron chi connectivity index (χ3n) is 1.91. The van der Waals surface area contributed by atoms with Gasteiger partial charge in [-0.25, -0.2) is 0 Å². The fourth-order valence-corrected chi connectivity index (χ4v) is 1.80. The molecule has 0 aliphatic carbocycles. The lowest BCUT2D eigenvalue weighted by molar-refractivity contribution is 0.626. The van der Waals surface area contributed by atoms with E-state index in [1.54, 1.807) is 13.8 Å². The van der Waals surface area contributed by atoms with E-state index in [1.807, 2.05) is 6.92 Å². The molecule has 0 aromatic heterocycles. The van der Waals surface area contributed by atoms with Crippen LogP contribution in [0.1, 0.15) is 20.8 Å². The summed E-state index contributed by atoms with van der Waals surface area (Å²) in [6, 6.07) is 0. The third kappa shape index (κ3) is 1.45. The minimum Gasteiger partial charge on any atom is -0.184 e. The van der Waals surface area contributed by atoms with E-state index in [4.69, 9.17) is 0 Å². The molecule has 0 fully saturated rings. The first-order valence-corrected chi connectivity index (χ1v) is 4.66. The molecule has 0 N–H and O–H groups in total. The Kier molecular flexibility index (Phi) is 2.42.